The van der Waals surface area contributed by atoms with Crippen LogP contribution in [0.3, 0.4) is 0 Å². The molecule has 1 aliphatic carbocycles. The highest BCUT2D eigenvalue weighted by Gasteiger charge is 2.39. The third-order valence-electron chi connectivity index (χ3n) is 7.69. The van der Waals surface area contributed by atoms with Crippen LogP contribution < -0.4 is 5.32 Å². The van der Waals surface area contributed by atoms with Gasteiger partial charge < -0.3 is 10.2 Å². The summed E-state index contributed by atoms with van der Waals surface area (Å²) in [5.74, 6) is -0.119. The van der Waals surface area contributed by atoms with Crippen molar-refractivity contribution in [1.82, 2.24) is 18.8 Å². The molecule has 2 aliphatic rings. The van der Waals surface area contributed by atoms with Crippen LogP contribution in [0, 0.1) is 6.92 Å². The average Bonchev–Trinajstić information content (AvgIpc) is 3.49. The standard InChI is InChI=1S/C29H29N5O4S2/c1-18-13-23(16-34(18)40(2,37)38)28(36)33-12-10-26(33)27(35)32-29-31-25(17-39-29)22-8-4-7-20(14-22)21-9-11-30-24(15-21)19-5-3-6-19/h4,7-9,11,13-17,19,26H,3,5-6,10,12H2,1-2H3,(H,31,32,35)/t26-/m0/s1. The minimum Gasteiger partial charge on any atom is -0.326 e. The van der Waals surface area contributed by atoms with E-state index in [0.29, 0.717) is 29.7 Å². The van der Waals surface area contributed by atoms with Gasteiger partial charge in [0.25, 0.3) is 5.91 Å². The topological polar surface area (TPSA) is 114 Å². The van der Waals surface area contributed by atoms with E-state index in [0.717, 1.165) is 38.3 Å². The summed E-state index contributed by atoms with van der Waals surface area (Å²) in [5, 5.41) is 5.22. The molecule has 40 heavy (non-hydrogen) atoms. The fourth-order valence-electron chi connectivity index (χ4n) is 5.16. The zero-order valence-corrected chi connectivity index (χ0v) is 23.8. The third kappa shape index (κ3) is 5.06. The van der Waals surface area contributed by atoms with E-state index in [1.54, 1.807) is 6.92 Å². The summed E-state index contributed by atoms with van der Waals surface area (Å²) in [5.41, 5.74) is 5.75. The van der Waals surface area contributed by atoms with E-state index < -0.39 is 16.1 Å². The van der Waals surface area contributed by atoms with Gasteiger partial charge in [-0.05, 0) is 61.6 Å². The fraction of sp³-hybridized carbons (Fsp3) is 0.310. The molecule has 6 rings (SSSR count). The summed E-state index contributed by atoms with van der Waals surface area (Å²) in [4.78, 5) is 36.7. The Morgan fingerprint density at radius 3 is 2.50 bits per heavy atom. The number of hydrogen-bond acceptors (Lipinski definition) is 7. The number of anilines is 1. The van der Waals surface area contributed by atoms with Crippen molar-refractivity contribution in [1.29, 1.82) is 0 Å². The Kier molecular flexibility index (Phi) is 6.79. The van der Waals surface area contributed by atoms with Crippen LogP contribution >= 0.6 is 11.3 Å². The second-order valence-electron chi connectivity index (χ2n) is 10.4. The average molecular weight is 576 g/mol. The predicted octanol–water partition coefficient (Wildman–Crippen LogP) is 4.91. The van der Waals surface area contributed by atoms with Crippen molar-refractivity contribution in [2.45, 2.75) is 44.6 Å². The van der Waals surface area contributed by atoms with Gasteiger partial charge in [-0.1, -0.05) is 24.6 Å². The Balaban J connectivity index is 1.14. The number of aryl methyl sites for hydroxylation is 1. The van der Waals surface area contributed by atoms with Gasteiger partial charge in [0.05, 0.1) is 17.5 Å². The van der Waals surface area contributed by atoms with Crippen LogP contribution in [0.25, 0.3) is 22.4 Å². The van der Waals surface area contributed by atoms with E-state index in [4.69, 9.17) is 0 Å². The molecule has 2 fully saturated rings. The van der Waals surface area contributed by atoms with Crippen LogP contribution in [0.5, 0.6) is 0 Å². The first-order valence-corrected chi connectivity index (χ1v) is 15.9. The van der Waals surface area contributed by atoms with E-state index in [9.17, 15) is 18.0 Å². The molecule has 0 bridgehead atoms. The number of amides is 2. The Bertz CT molecular complexity index is 1720. The smallest absolute Gasteiger partial charge is 0.256 e. The number of hydrogen-bond donors (Lipinski definition) is 1. The van der Waals surface area contributed by atoms with Crippen molar-refractivity contribution in [3.05, 3.63) is 77.2 Å². The Morgan fingerprint density at radius 2 is 1.82 bits per heavy atom. The molecular formula is C29H29N5O4S2. The predicted molar refractivity (Wildman–Crippen MR) is 155 cm³/mol. The SMILES string of the molecule is Cc1cc(C(=O)N2CC[C@H]2C(=O)Nc2nc(-c3cccc(-c4ccnc(C5CCC5)c4)c3)cs2)cn1S(C)(=O)=O. The molecule has 1 aliphatic heterocycles. The van der Waals surface area contributed by atoms with Crippen molar-refractivity contribution in [3.63, 3.8) is 0 Å². The van der Waals surface area contributed by atoms with E-state index in [-0.39, 0.29) is 17.4 Å². The highest BCUT2D eigenvalue weighted by atomic mass is 32.2. The molecule has 0 radical (unpaired) electrons. The van der Waals surface area contributed by atoms with Crippen molar-refractivity contribution in [3.8, 4) is 22.4 Å². The number of aromatic nitrogens is 3. The number of rotatable bonds is 7. The van der Waals surface area contributed by atoms with Gasteiger partial charge in [0.2, 0.25) is 15.9 Å². The molecule has 2 amide bonds. The van der Waals surface area contributed by atoms with Gasteiger partial charge in [-0.25, -0.2) is 17.4 Å². The van der Waals surface area contributed by atoms with Crippen molar-refractivity contribution < 1.29 is 18.0 Å². The summed E-state index contributed by atoms with van der Waals surface area (Å²) >= 11 is 1.33. The molecule has 11 heteroatoms. The van der Waals surface area contributed by atoms with Crippen molar-refractivity contribution in [2.24, 2.45) is 0 Å². The van der Waals surface area contributed by atoms with Gasteiger partial charge in [-0.15, -0.1) is 11.3 Å². The zero-order valence-electron chi connectivity index (χ0n) is 22.2. The number of benzene rings is 1. The van der Waals surface area contributed by atoms with Crippen molar-refractivity contribution >= 4 is 38.3 Å². The molecule has 4 aromatic rings. The number of likely N-dealkylation sites (tertiary alicyclic amines) is 1. The number of nitrogens with zero attached hydrogens (tertiary/aromatic N) is 4. The molecule has 1 saturated carbocycles. The summed E-state index contributed by atoms with van der Waals surface area (Å²) in [7, 11) is -3.52. The lowest BCUT2D eigenvalue weighted by molar-refractivity contribution is -0.123. The minimum absolute atomic E-state index is 0.242. The molecule has 1 saturated heterocycles. The maximum absolute atomic E-state index is 13.0. The van der Waals surface area contributed by atoms with Gasteiger partial charge in [0.15, 0.2) is 5.13 Å². The first-order valence-electron chi connectivity index (χ1n) is 13.2. The number of carbonyl (C=O) groups is 2. The van der Waals surface area contributed by atoms with Crippen LogP contribution in [0.4, 0.5) is 5.13 Å². The summed E-state index contributed by atoms with van der Waals surface area (Å²) in [6.45, 7) is 2.05. The van der Waals surface area contributed by atoms with Crippen LogP contribution in [0.2, 0.25) is 0 Å². The first-order chi connectivity index (χ1) is 19.2. The lowest BCUT2D eigenvalue weighted by Crippen LogP contribution is -2.56. The maximum Gasteiger partial charge on any atom is 0.256 e. The number of nitrogens with one attached hydrogen (secondary N) is 1. The van der Waals surface area contributed by atoms with Gasteiger partial charge in [-0.3, -0.25) is 14.6 Å². The number of carbonyl (C=O) groups excluding carboxylic acids is 2. The zero-order chi connectivity index (χ0) is 28.0. The molecule has 0 unspecified atom stereocenters. The Labute approximate surface area is 236 Å². The molecular weight excluding hydrogens is 546 g/mol. The van der Waals surface area contributed by atoms with Gasteiger partial charge in [0.1, 0.15) is 6.04 Å². The molecule has 206 valence electrons. The summed E-state index contributed by atoms with van der Waals surface area (Å²) < 4.78 is 24.9. The largest absolute Gasteiger partial charge is 0.326 e. The van der Waals surface area contributed by atoms with Gasteiger partial charge >= 0.3 is 0 Å². The monoisotopic (exact) mass is 575 g/mol. The Hall–Kier alpha value is -3.83. The molecule has 9 nitrogen and oxygen atoms in total. The quantitative estimate of drug-likeness (QED) is 0.335. The third-order valence-corrected chi connectivity index (χ3v) is 9.55. The molecule has 1 N–H and O–H groups in total. The molecule has 3 aromatic heterocycles. The van der Waals surface area contributed by atoms with E-state index in [1.165, 1.54) is 47.8 Å². The molecule has 1 aromatic carbocycles. The minimum atomic E-state index is -3.52. The molecule has 0 spiro atoms. The summed E-state index contributed by atoms with van der Waals surface area (Å²) in [6.07, 6.45) is 8.46. The highest BCUT2D eigenvalue weighted by molar-refractivity contribution is 7.89. The number of pyridine rings is 1. The normalized spacial score (nSPS) is 17.2. The van der Waals surface area contributed by atoms with Gasteiger partial charge in [-0.2, -0.15) is 0 Å². The second kappa shape index (κ2) is 10.3. The fourth-order valence-corrected chi connectivity index (χ4v) is 6.77. The highest BCUT2D eigenvalue weighted by Crippen LogP contribution is 2.37. The first kappa shape index (κ1) is 26.4. The second-order valence-corrected chi connectivity index (χ2v) is 13.2. The van der Waals surface area contributed by atoms with Crippen molar-refractivity contribution in [2.75, 3.05) is 18.1 Å². The van der Waals surface area contributed by atoms with Crippen LogP contribution in [0.1, 0.15) is 53.3 Å². The lowest BCUT2D eigenvalue weighted by atomic mass is 9.82. The molecule has 1 atom stereocenters. The van der Waals surface area contributed by atoms with E-state index in [2.05, 4.69) is 33.5 Å². The van der Waals surface area contributed by atoms with Crippen LogP contribution in [-0.2, 0) is 14.8 Å². The lowest BCUT2D eigenvalue weighted by Gasteiger charge is -2.39. The molecule has 4 heterocycles. The van der Waals surface area contributed by atoms with Crippen LogP contribution in [0.15, 0.2) is 60.2 Å². The Morgan fingerprint density at radius 1 is 1.05 bits per heavy atom. The van der Waals surface area contributed by atoms with E-state index in [1.807, 2.05) is 29.8 Å². The van der Waals surface area contributed by atoms with Gasteiger partial charge in [0, 0.05) is 47.2 Å². The van der Waals surface area contributed by atoms with Crippen LogP contribution in [-0.4, -0.2) is 57.9 Å². The summed E-state index contributed by atoms with van der Waals surface area (Å²) in [6, 6.07) is 13.3. The maximum atomic E-state index is 13.0. The van der Waals surface area contributed by atoms with E-state index >= 15 is 0 Å². The number of thiazole rings is 1.